The third kappa shape index (κ3) is 2.91. The van der Waals surface area contributed by atoms with Gasteiger partial charge in [-0.3, -0.25) is 0 Å². The number of hydrogen-bond donors (Lipinski definition) is 0. The first kappa shape index (κ1) is 11.4. The molecule has 0 aliphatic heterocycles. The molecule has 0 aromatic heterocycles. The van der Waals surface area contributed by atoms with Crippen LogP contribution >= 0.6 is 0 Å². The van der Waals surface area contributed by atoms with Gasteiger partial charge in [0.25, 0.3) is 0 Å². The van der Waals surface area contributed by atoms with E-state index < -0.39 is 0 Å². The van der Waals surface area contributed by atoms with Gasteiger partial charge in [0.15, 0.2) is 11.5 Å². The van der Waals surface area contributed by atoms with Gasteiger partial charge in [0.1, 0.15) is 0 Å². The van der Waals surface area contributed by atoms with Crippen LogP contribution in [0.1, 0.15) is 13.8 Å². The molecule has 1 rings (SSSR count). The van der Waals surface area contributed by atoms with Crippen LogP contribution in [0, 0.1) is 0 Å². The van der Waals surface area contributed by atoms with Crippen LogP contribution in [-0.4, -0.2) is 14.2 Å². The first-order valence-corrected chi connectivity index (χ1v) is 4.70. The van der Waals surface area contributed by atoms with Crippen LogP contribution in [0.3, 0.4) is 0 Å². The predicted molar refractivity (Wildman–Crippen MR) is 59.6 cm³/mol. The van der Waals surface area contributed by atoms with Crippen LogP contribution in [-0.2, 0) is 0 Å². The van der Waals surface area contributed by atoms with Crippen molar-refractivity contribution >= 4 is 0 Å². The largest absolute Gasteiger partial charge is 0.493 e. The summed E-state index contributed by atoms with van der Waals surface area (Å²) in [5, 5.41) is 0. The van der Waals surface area contributed by atoms with Gasteiger partial charge in [-0.2, -0.15) is 0 Å². The summed E-state index contributed by atoms with van der Waals surface area (Å²) in [7, 11) is 3.20. The van der Waals surface area contributed by atoms with Crippen molar-refractivity contribution in [2.45, 2.75) is 13.8 Å². The Kier molecular flexibility index (Phi) is 4.03. The summed E-state index contributed by atoms with van der Waals surface area (Å²) in [6.45, 7) is 3.92. The summed E-state index contributed by atoms with van der Waals surface area (Å²) in [5.74, 6) is 1.92. The lowest BCUT2D eigenvalue weighted by Crippen LogP contribution is -1.94. The number of ether oxygens (including phenoxy) is 3. The van der Waals surface area contributed by atoms with Crippen molar-refractivity contribution in [1.29, 1.82) is 0 Å². The van der Waals surface area contributed by atoms with E-state index in [4.69, 9.17) is 14.2 Å². The lowest BCUT2D eigenvalue weighted by molar-refractivity contribution is 0.344. The van der Waals surface area contributed by atoms with E-state index in [1.54, 1.807) is 20.5 Å². The molecule has 82 valence electrons. The molecule has 0 spiro atoms. The fourth-order valence-corrected chi connectivity index (χ4v) is 1.11. The Balaban J connectivity index is 3.05. The quantitative estimate of drug-likeness (QED) is 0.712. The lowest BCUT2D eigenvalue weighted by atomic mass is 10.3. The zero-order chi connectivity index (χ0) is 11.3. The molecule has 15 heavy (non-hydrogen) atoms. The molecule has 3 nitrogen and oxygen atoms in total. The van der Waals surface area contributed by atoms with E-state index in [1.807, 2.05) is 32.0 Å². The van der Waals surface area contributed by atoms with E-state index in [-0.39, 0.29) is 0 Å². The van der Waals surface area contributed by atoms with Gasteiger partial charge in [0, 0.05) is 0 Å². The number of rotatable bonds is 4. The van der Waals surface area contributed by atoms with Crippen molar-refractivity contribution in [2.24, 2.45) is 0 Å². The maximum Gasteiger partial charge on any atom is 0.210 e. The molecule has 0 saturated carbocycles. The fourth-order valence-electron chi connectivity index (χ4n) is 1.11. The highest BCUT2D eigenvalue weighted by Crippen LogP contribution is 2.36. The van der Waals surface area contributed by atoms with Gasteiger partial charge in [-0.1, -0.05) is 6.07 Å². The van der Waals surface area contributed by atoms with Gasteiger partial charge >= 0.3 is 0 Å². The van der Waals surface area contributed by atoms with Crippen LogP contribution < -0.4 is 14.2 Å². The predicted octanol–water partition coefficient (Wildman–Crippen LogP) is 3.01. The van der Waals surface area contributed by atoms with Gasteiger partial charge in [0.05, 0.1) is 20.5 Å². The number of allylic oxidation sites excluding steroid dienone is 1. The minimum Gasteiger partial charge on any atom is -0.493 e. The van der Waals surface area contributed by atoms with E-state index in [0.717, 1.165) is 5.57 Å². The molecule has 0 aliphatic rings. The maximum absolute atomic E-state index is 5.50. The zero-order valence-corrected chi connectivity index (χ0v) is 9.53. The van der Waals surface area contributed by atoms with Crippen molar-refractivity contribution in [2.75, 3.05) is 14.2 Å². The Hall–Kier alpha value is -1.64. The molecular weight excluding hydrogens is 192 g/mol. The second-order valence-corrected chi connectivity index (χ2v) is 3.30. The lowest BCUT2D eigenvalue weighted by Gasteiger charge is -2.11. The Morgan fingerprint density at radius 2 is 1.60 bits per heavy atom. The molecule has 0 fully saturated rings. The molecular formula is C12H16O3. The Labute approximate surface area is 90.3 Å². The smallest absolute Gasteiger partial charge is 0.210 e. The molecule has 0 N–H and O–H groups in total. The van der Waals surface area contributed by atoms with Crippen LogP contribution in [0.2, 0.25) is 0 Å². The topological polar surface area (TPSA) is 27.7 Å². The molecule has 3 heteroatoms. The molecule has 0 radical (unpaired) electrons. The Morgan fingerprint density at radius 1 is 1.07 bits per heavy atom. The molecule has 1 aromatic rings. The van der Waals surface area contributed by atoms with Gasteiger partial charge in [-0.05, 0) is 31.6 Å². The van der Waals surface area contributed by atoms with E-state index in [1.165, 1.54) is 0 Å². The number of benzene rings is 1. The second kappa shape index (κ2) is 5.29. The van der Waals surface area contributed by atoms with Gasteiger partial charge < -0.3 is 14.2 Å². The van der Waals surface area contributed by atoms with Gasteiger partial charge in [-0.15, -0.1) is 0 Å². The third-order valence-electron chi connectivity index (χ3n) is 1.80. The van der Waals surface area contributed by atoms with Crippen LogP contribution in [0.25, 0.3) is 0 Å². The monoisotopic (exact) mass is 208 g/mol. The highest BCUT2D eigenvalue weighted by molar-refractivity contribution is 5.51. The first-order chi connectivity index (χ1) is 7.19. The van der Waals surface area contributed by atoms with Gasteiger partial charge in [0.2, 0.25) is 5.75 Å². The summed E-state index contributed by atoms with van der Waals surface area (Å²) >= 11 is 0. The second-order valence-electron chi connectivity index (χ2n) is 3.30. The average molecular weight is 208 g/mol. The minimum atomic E-state index is 0.601. The summed E-state index contributed by atoms with van der Waals surface area (Å²) in [4.78, 5) is 0. The van der Waals surface area contributed by atoms with Crippen molar-refractivity contribution in [3.63, 3.8) is 0 Å². The molecule has 0 atom stereocenters. The van der Waals surface area contributed by atoms with E-state index in [2.05, 4.69) is 0 Å². The van der Waals surface area contributed by atoms with E-state index in [0.29, 0.717) is 17.2 Å². The van der Waals surface area contributed by atoms with Crippen molar-refractivity contribution < 1.29 is 14.2 Å². The average Bonchev–Trinajstić information content (AvgIpc) is 2.25. The van der Waals surface area contributed by atoms with E-state index in [9.17, 15) is 0 Å². The number of para-hydroxylation sites is 1. The maximum atomic E-state index is 5.50. The molecule has 0 heterocycles. The summed E-state index contributed by atoms with van der Waals surface area (Å²) < 4.78 is 15.9. The standard InChI is InChI=1S/C12H16O3/c1-9(2)8-15-12-10(13-3)6-5-7-11(12)14-4/h5-8H,1-4H3. The normalized spacial score (nSPS) is 9.33. The molecule has 1 aromatic carbocycles. The highest BCUT2D eigenvalue weighted by atomic mass is 16.5. The summed E-state index contributed by atoms with van der Waals surface area (Å²) in [6, 6.07) is 5.51. The zero-order valence-electron chi connectivity index (χ0n) is 9.53. The summed E-state index contributed by atoms with van der Waals surface area (Å²) in [5.41, 5.74) is 1.07. The molecule has 0 aliphatic carbocycles. The molecule has 0 saturated heterocycles. The number of hydrogen-bond acceptors (Lipinski definition) is 3. The highest BCUT2D eigenvalue weighted by Gasteiger charge is 2.09. The Morgan fingerprint density at radius 3 is 2.00 bits per heavy atom. The Bertz CT molecular complexity index is 330. The van der Waals surface area contributed by atoms with E-state index >= 15 is 0 Å². The SMILES string of the molecule is COc1cccc(OC)c1OC=C(C)C. The first-order valence-electron chi connectivity index (χ1n) is 4.70. The van der Waals surface area contributed by atoms with Crippen LogP contribution in [0.4, 0.5) is 0 Å². The fraction of sp³-hybridized carbons (Fsp3) is 0.333. The van der Waals surface area contributed by atoms with Gasteiger partial charge in [-0.25, -0.2) is 0 Å². The molecule has 0 bridgehead atoms. The summed E-state index contributed by atoms with van der Waals surface area (Å²) in [6.07, 6.45) is 1.67. The number of methoxy groups -OCH3 is 2. The third-order valence-corrected chi connectivity index (χ3v) is 1.80. The van der Waals surface area contributed by atoms with Crippen LogP contribution in [0.5, 0.6) is 17.2 Å². The van der Waals surface area contributed by atoms with Crippen molar-refractivity contribution in [3.8, 4) is 17.2 Å². The minimum absolute atomic E-state index is 0.601. The molecule has 0 amide bonds. The van der Waals surface area contributed by atoms with Crippen LogP contribution in [0.15, 0.2) is 30.0 Å². The van der Waals surface area contributed by atoms with Crippen molar-refractivity contribution in [1.82, 2.24) is 0 Å². The molecule has 0 unspecified atom stereocenters. The van der Waals surface area contributed by atoms with Crippen molar-refractivity contribution in [3.05, 3.63) is 30.0 Å².